The largest absolute Gasteiger partial charge is 0.478 e. The van der Waals surface area contributed by atoms with E-state index in [4.69, 9.17) is 10.8 Å². The number of hydrogen-bond acceptors (Lipinski definition) is 6. The monoisotopic (exact) mass is 461 g/mol. The predicted molar refractivity (Wildman–Crippen MR) is 115 cm³/mol. The summed E-state index contributed by atoms with van der Waals surface area (Å²) in [5.74, 6) is -3.80. The Balaban J connectivity index is 0.000000165. The number of amides is 1. The molecule has 2 fully saturated rings. The average Bonchev–Trinajstić information content (AvgIpc) is 3.20. The lowest BCUT2D eigenvalue weighted by molar-refractivity contribution is -0.133. The van der Waals surface area contributed by atoms with Crippen LogP contribution in [-0.4, -0.2) is 71.7 Å². The topological polar surface area (TPSA) is 143 Å². The number of carboxylic acids is 1. The van der Waals surface area contributed by atoms with Crippen molar-refractivity contribution >= 4 is 23.0 Å². The van der Waals surface area contributed by atoms with Gasteiger partial charge in [-0.05, 0) is 25.7 Å². The number of carbonyl (C=O) groups excluding carboxylic acids is 1. The van der Waals surface area contributed by atoms with E-state index in [2.05, 4.69) is 20.1 Å². The van der Waals surface area contributed by atoms with E-state index >= 15 is 0 Å². The molecule has 1 saturated heterocycles. The lowest BCUT2D eigenvalue weighted by Gasteiger charge is -2.20. The third-order valence-electron chi connectivity index (χ3n) is 5.76. The minimum Gasteiger partial charge on any atom is -0.478 e. The van der Waals surface area contributed by atoms with Crippen molar-refractivity contribution < 1.29 is 23.5 Å². The average molecular weight is 461 g/mol. The molecule has 33 heavy (non-hydrogen) atoms. The summed E-state index contributed by atoms with van der Waals surface area (Å²) in [5.41, 5.74) is 8.01. The van der Waals surface area contributed by atoms with E-state index in [1.165, 1.54) is 11.1 Å². The van der Waals surface area contributed by atoms with Gasteiger partial charge in [0, 0.05) is 37.5 Å². The molecule has 10 nitrogen and oxygen atoms in total. The van der Waals surface area contributed by atoms with Gasteiger partial charge < -0.3 is 20.7 Å². The number of rotatable bonds is 5. The van der Waals surface area contributed by atoms with Crippen molar-refractivity contribution in [3.63, 3.8) is 0 Å². The smallest absolute Gasteiger partial charge is 0.339 e. The van der Waals surface area contributed by atoms with Gasteiger partial charge in [0.25, 0.3) is 5.92 Å². The van der Waals surface area contributed by atoms with Gasteiger partial charge in [-0.2, -0.15) is 5.10 Å². The van der Waals surface area contributed by atoms with Crippen molar-refractivity contribution in [2.75, 3.05) is 13.1 Å². The van der Waals surface area contributed by atoms with Crippen LogP contribution in [0.3, 0.4) is 0 Å². The van der Waals surface area contributed by atoms with Crippen LogP contribution in [0.1, 0.15) is 36.5 Å². The molecule has 0 radical (unpaired) electrons. The Morgan fingerprint density at radius 1 is 1.36 bits per heavy atom. The number of nitrogens with two attached hydrogens (primary N) is 1. The molecule has 4 N–H and O–H groups in total. The minimum atomic E-state index is -2.71. The fourth-order valence-corrected chi connectivity index (χ4v) is 3.65. The van der Waals surface area contributed by atoms with E-state index < -0.39 is 24.5 Å². The summed E-state index contributed by atoms with van der Waals surface area (Å²) in [6.07, 6.45) is 8.22. The van der Waals surface area contributed by atoms with Crippen LogP contribution in [0.5, 0.6) is 0 Å². The highest BCUT2D eigenvalue weighted by Gasteiger charge is 2.43. The molecule has 1 aliphatic heterocycles. The first-order valence-corrected chi connectivity index (χ1v) is 10.7. The Hall–Kier alpha value is -3.41. The third kappa shape index (κ3) is 5.00. The van der Waals surface area contributed by atoms with Crippen molar-refractivity contribution in [1.82, 2.24) is 29.6 Å². The fraction of sp³-hybridized carbons (Fsp3) is 0.476. The van der Waals surface area contributed by atoms with Crippen molar-refractivity contribution in [2.24, 2.45) is 11.7 Å². The lowest BCUT2D eigenvalue weighted by atomic mass is 10.2. The number of H-pyrrole nitrogens is 1. The summed E-state index contributed by atoms with van der Waals surface area (Å²) < 4.78 is 27.4. The van der Waals surface area contributed by atoms with E-state index in [1.807, 2.05) is 13.1 Å². The maximum Gasteiger partial charge on any atom is 0.339 e. The van der Waals surface area contributed by atoms with Crippen LogP contribution in [0.4, 0.5) is 8.78 Å². The van der Waals surface area contributed by atoms with Gasteiger partial charge in [0.05, 0.1) is 30.7 Å². The summed E-state index contributed by atoms with van der Waals surface area (Å²) in [7, 11) is 0. The molecule has 12 heteroatoms. The van der Waals surface area contributed by atoms with Crippen LogP contribution >= 0.6 is 0 Å². The predicted octanol–water partition coefficient (Wildman–Crippen LogP) is 2.13. The Bertz CT molecular complexity index is 1170. The highest BCUT2D eigenvalue weighted by molar-refractivity contribution is 6.00. The van der Waals surface area contributed by atoms with E-state index in [0.29, 0.717) is 16.9 Å². The highest BCUT2D eigenvalue weighted by atomic mass is 19.3. The van der Waals surface area contributed by atoms with Crippen LogP contribution in [0.15, 0.2) is 24.8 Å². The van der Waals surface area contributed by atoms with Crippen LogP contribution in [0.25, 0.3) is 22.4 Å². The Morgan fingerprint density at radius 3 is 2.70 bits per heavy atom. The summed E-state index contributed by atoms with van der Waals surface area (Å²) in [6, 6.07) is -0.552. The van der Waals surface area contributed by atoms with Gasteiger partial charge >= 0.3 is 5.97 Å². The van der Waals surface area contributed by atoms with Gasteiger partial charge in [-0.3, -0.25) is 9.48 Å². The molecule has 1 atom stereocenters. The molecule has 0 spiro atoms. The standard InChI is InChI=1S/C12H11N5O2.C9H14F2N2O/c1-2-17-6-7(3-15-17)9-5-14-11-10(16-9)8(4-13-11)12(18)19;10-9(11)3-4-13(5-9)8(14)7(12)6-1-2-6/h3-6H,2H2,1H3,(H,13,14)(H,18,19);6-7H,1-5,12H2/t;7-/m.1/s1. The van der Waals surface area contributed by atoms with Gasteiger partial charge in [-0.25, -0.2) is 23.5 Å². The van der Waals surface area contributed by atoms with Crippen molar-refractivity contribution in [2.45, 2.75) is 44.7 Å². The van der Waals surface area contributed by atoms with Crippen LogP contribution in [-0.2, 0) is 11.3 Å². The first-order chi connectivity index (χ1) is 15.7. The van der Waals surface area contributed by atoms with E-state index in [-0.39, 0.29) is 30.4 Å². The summed E-state index contributed by atoms with van der Waals surface area (Å²) in [4.78, 5) is 35.2. The molecule has 0 unspecified atom stereocenters. The molecular formula is C21H25F2N7O3. The fourth-order valence-electron chi connectivity index (χ4n) is 3.65. The quantitative estimate of drug-likeness (QED) is 0.528. The Morgan fingerprint density at radius 2 is 2.12 bits per heavy atom. The number of hydrogen-bond donors (Lipinski definition) is 3. The molecule has 2 aliphatic rings. The number of nitrogens with zero attached hydrogens (tertiary/aromatic N) is 5. The number of alkyl halides is 2. The maximum absolute atomic E-state index is 12.8. The van der Waals surface area contributed by atoms with E-state index in [1.54, 1.807) is 17.1 Å². The first kappa shape index (κ1) is 22.8. The van der Waals surface area contributed by atoms with Gasteiger partial charge in [0.15, 0.2) is 5.65 Å². The Labute approximate surface area is 187 Å². The van der Waals surface area contributed by atoms with Crippen molar-refractivity contribution in [1.29, 1.82) is 0 Å². The van der Waals surface area contributed by atoms with Crippen molar-refractivity contribution in [3.05, 3.63) is 30.4 Å². The molecule has 1 amide bonds. The zero-order valence-corrected chi connectivity index (χ0v) is 18.0. The molecule has 176 valence electrons. The number of aromatic nitrogens is 5. The Kier molecular flexibility index (Phi) is 6.11. The van der Waals surface area contributed by atoms with Gasteiger partial charge in [-0.15, -0.1) is 0 Å². The first-order valence-electron chi connectivity index (χ1n) is 10.7. The maximum atomic E-state index is 12.8. The molecule has 1 saturated carbocycles. The molecular weight excluding hydrogens is 436 g/mol. The molecule has 5 rings (SSSR count). The molecule has 3 aromatic rings. The van der Waals surface area contributed by atoms with Crippen LogP contribution in [0, 0.1) is 5.92 Å². The number of halogens is 2. The van der Waals surface area contributed by atoms with E-state index in [0.717, 1.165) is 24.9 Å². The summed E-state index contributed by atoms with van der Waals surface area (Å²) in [5, 5.41) is 13.2. The third-order valence-corrected chi connectivity index (χ3v) is 5.76. The second-order valence-corrected chi connectivity index (χ2v) is 8.27. The number of fused-ring (bicyclic) bond motifs is 1. The second-order valence-electron chi connectivity index (χ2n) is 8.27. The van der Waals surface area contributed by atoms with Crippen LogP contribution < -0.4 is 5.73 Å². The highest BCUT2D eigenvalue weighted by Crippen LogP contribution is 2.34. The summed E-state index contributed by atoms with van der Waals surface area (Å²) in [6.45, 7) is 2.44. The number of aryl methyl sites for hydroxylation is 1. The zero-order chi connectivity index (χ0) is 23.8. The number of likely N-dealkylation sites (tertiary alicyclic amines) is 1. The number of aromatic carboxylic acids is 1. The molecule has 0 aromatic carbocycles. The molecule has 1 aliphatic carbocycles. The van der Waals surface area contributed by atoms with Gasteiger partial charge in [0.1, 0.15) is 11.1 Å². The summed E-state index contributed by atoms with van der Waals surface area (Å²) >= 11 is 0. The number of nitrogens with one attached hydrogen (secondary N) is 1. The number of aromatic amines is 1. The SMILES string of the molecule is CCn1cc(-c2cnc3[nH]cc(C(=O)O)c3n2)cn1.N[C@@H](C(=O)N1CCC(F)(F)C1)C1CC1. The number of carboxylic acid groups (broad SMARTS) is 1. The van der Waals surface area contributed by atoms with Gasteiger partial charge in [0.2, 0.25) is 5.91 Å². The molecule has 0 bridgehead atoms. The number of carbonyl (C=O) groups is 2. The zero-order valence-electron chi connectivity index (χ0n) is 18.0. The van der Waals surface area contributed by atoms with Crippen molar-refractivity contribution in [3.8, 4) is 11.3 Å². The molecule has 4 heterocycles. The van der Waals surface area contributed by atoms with Gasteiger partial charge in [-0.1, -0.05) is 0 Å². The minimum absolute atomic E-state index is 0.118. The van der Waals surface area contributed by atoms with Crippen LogP contribution in [0.2, 0.25) is 0 Å². The van der Waals surface area contributed by atoms with E-state index in [9.17, 15) is 18.4 Å². The second kappa shape index (κ2) is 8.85. The lowest BCUT2D eigenvalue weighted by Crippen LogP contribution is -2.44. The molecule has 3 aromatic heterocycles. The normalized spacial score (nSPS) is 18.1.